The zero-order valence-corrected chi connectivity index (χ0v) is 16.6. The number of rotatable bonds is 10. The molecule has 1 unspecified atom stereocenters. The molecule has 0 bridgehead atoms. The van der Waals surface area contributed by atoms with Gasteiger partial charge in [-0.3, -0.25) is 4.99 Å². The highest BCUT2D eigenvalue weighted by Crippen LogP contribution is 2.26. The fourth-order valence-electron chi connectivity index (χ4n) is 3.04. The first kappa shape index (κ1) is 20.6. The molecule has 1 aliphatic rings. The van der Waals surface area contributed by atoms with Gasteiger partial charge in [-0.25, -0.2) is 0 Å². The van der Waals surface area contributed by atoms with Crippen molar-refractivity contribution in [1.82, 2.24) is 10.2 Å². The van der Waals surface area contributed by atoms with Crippen LogP contribution >= 0.6 is 0 Å². The SMILES string of the molecule is C=C(C)C(CNC(=C)C1CCCN1C(=C)OCc1ccccc1)=N/C=C\C. The first-order chi connectivity index (χ1) is 13.0. The zero-order valence-electron chi connectivity index (χ0n) is 16.6. The normalized spacial score (nSPS) is 17.2. The van der Waals surface area contributed by atoms with Gasteiger partial charge in [0.15, 0.2) is 5.88 Å². The molecule has 1 atom stereocenters. The van der Waals surface area contributed by atoms with Gasteiger partial charge in [0.05, 0.1) is 18.3 Å². The van der Waals surface area contributed by atoms with Crippen LogP contribution in [0.25, 0.3) is 0 Å². The van der Waals surface area contributed by atoms with Gasteiger partial charge in [0.1, 0.15) is 6.61 Å². The number of allylic oxidation sites excluding steroid dienone is 1. The van der Waals surface area contributed by atoms with E-state index in [1.165, 1.54) is 0 Å². The van der Waals surface area contributed by atoms with Gasteiger partial charge in [0, 0.05) is 18.4 Å². The van der Waals surface area contributed by atoms with Crippen molar-refractivity contribution in [3.05, 3.63) is 85.1 Å². The van der Waals surface area contributed by atoms with E-state index in [9.17, 15) is 0 Å². The van der Waals surface area contributed by atoms with Crippen LogP contribution in [0, 0.1) is 0 Å². The molecular weight excluding hydrogens is 334 g/mol. The summed E-state index contributed by atoms with van der Waals surface area (Å²) >= 11 is 0. The molecule has 4 nitrogen and oxygen atoms in total. The average molecular weight is 366 g/mol. The van der Waals surface area contributed by atoms with Crippen LogP contribution in [0.5, 0.6) is 0 Å². The van der Waals surface area contributed by atoms with Crippen molar-refractivity contribution >= 4 is 5.71 Å². The van der Waals surface area contributed by atoms with Gasteiger partial charge in [-0.2, -0.15) is 0 Å². The van der Waals surface area contributed by atoms with E-state index in [1.807, 2.05) is 38.1 Å². The fourth-order valence-corrected chi connectivity index (χ4v) is 3.04. The van der Waals surface area contributed by atoms with E-state index >= 15 is 0 Å². The summed E-state index contributed by atoms with van der Waals surface area (Å²) in [5, 5.41) is 3.42. The molecule has 2 rings (SSSR count). The Bertz CT molecular complexity index is 718. The van der Waals surface area contributed by atoms with Gasteiger partial charge in [-0.05, 0) is 44.4 Å². The Morgan fingerprint density at radius 1 is 1.30 bits per heavy atom. The number of benzene rings is 1. The largest absolute Gasteiger partial charge is 0.475 e. The Kier molecular flexibility index (Phi) is 7.93. The van der Waals surface area contributed by atoms with E-state index in [0.29, 0.717) is 19.0 Å². The predicted molar refractivity (Wildman–Crippen MR) is 114 cm³/mol. The summed E-state index contributed by atoms with van der Waals surface area (Å²) in [6.07, 6.45) is 5.83. The molecule has 0 saturated carbocycles. The van der Waals surface area contributed by atoms with Crippen LogP contribution < -0.4 is 5.32 Å². The minimum Gasteiger partial charge on any atom is -0.475 e. The molecule has 4 heteroatoms. The molecule has 1 fully saturated rings. The average Bonchev–Trinajstić information content (AvgIpc) is 3.16. The molecule has 27 heavy (non-hydrogen) atoms. The molecule has 0 amide bonds. The monoisotopic (exact) mass is 365 g/mol. The number of ether oxygens (including phenoxy) is 1. The summed E-state index contributed by atoms with van der Waals surface area (Å²) in [7, 11) is 0. The minimum atomic E-state index is 0.182. The third-order valence-corrected chi connectivity index (χ3v) is 4.58. The number of hydrogen-bond acceptors (Lipinski definition) is 4. The van der Waals surface area contributed by atoms with Crippen molar-refractivity contribution in [2.45, 2.75) is 39.3 Å². The van der Waals surface area contributed by atoms with Crippen LogP contribution in [0.2, 0.25) is 0 Å². The van der Waals surface area contributed by atoms with Gasteiger partial charge in [-0.1, -0.05) is 49.6 Å². The molecule has 1 aromatic rings. The summed E-state index contributed by atoms with van der Waals surface area (Å²) in [5.41, 5.74) is 3.98. The van der Waals surface area contributed by atoms with Gasteiger partial charge >= 0.3 is 0 Å². The lowest BCUT2D eigenvalue weighted by Crippen LogP contribution is -2.37. The van der Waals surface area contributed by atoms with Crippen molar-refractivity contribution < 1.29 is 4.74 Å². The van der Waals surface area contributed by atoms with Crippen molar-refractivity contribution in [2.75, 3.05) is 13.1 Å². The Morgan fingerprint density at radius 3 is 2.70 bits per heavy atom. The van der Waals surface area contributed by atoms with E-state index in [0.717, 1.165) is 41.9 Å². The van der Waals surface area contributed by atoms with Gasteiger partial charge in [0.25, 0.3) is 0 Å². The Morgan fingerprint density at radius 2 is 2.04 bits per heavy atom. The summed E-state index contributed by atoms with van der Waals surface area (Å²) < 4.78 is 5.92. The highest BCUT2D eigenvalue weighted by atomic mass is 16.5. The van der Waals surface area contributed by atoms with E-state index in [1.54, 1.807) is 6.20 Å². The number of hydrogen-bond donors (Lipinski definition) is 1. The Balaban J connectivity index is 1.91. The number of nitrogens with zero attached hydrogens (tertiary/aromatic N) is 2. The maximum absolute atomic E-state index is 5.92. The van der Waals surface area contributed by atoms with E-state index in [4.69, 9.17) is 4.74 Å². The second-order valence-corrected chi connectivity index (χ2v) is 6.74. The van der Waals surface area contributed by atoms with Crippen molar-refractivity contribution in [3.8, 4) is 0 Å². The highest BCUT2D eigenvalue weighted by Gasteiger charge is 2.28. The first-order valence-electron chi connectivity index (χ1n) is 9.41. The van der Waals surface area contributed by atoms with Gasteiger partial charge in [-0.15, -0.1) is 0 Å². The van der Waals surface area contributed by atoms with E-state index < -0.39 is 0 Å². The van der Waals surface area contributed by atoms with Gasteiger partial charge < -0.3 is 15.0 Å². The predicted octanol–water partition coefficient (Wildman–Crippen LogP) is 4.79. The van der Waals surface area contributed by atoms with Crippen LogP contribution in [0.15, 0.2) is 84.5 Å². The lowest BCUT2D eigenvalue weighted by Gasteiger charge is -2.30. The Labute approximate surface area is 163 Å². The molecule has 1 heterocycles. The quantitative estimate of drug-likeness (QED) is 0.478. The molecule has 0 radical (unpaired) electrons. The van der Waals surface area contributed by atoms with Crippen molar-refractivity contribution in [1.29, 1.82) is 0 Å². The number of aliphatic imine (C=N–C) groups is 1. The van der Waals surface area contributed by atoms with Crippen LogP contribution in [-0.2, 0) is 11.3 Å². The second kappa shape index (κ2) is 10.4. The smallest absolute Gasteiger partial charge is 0.182 e. The number of nitrogens with one attached hydrogen (secondary N) is 1. The van der Waals surface area contributed by atoms with Gasteiger partial charge in [0.2, 0.25) is 0 Å². The summed E-state index contributed by atoms with van der Waals surface area (Å²) in [4.78, 5) is 6.63. The molecule has 1 N–H and O–H groups in total. The maximum atomic E-state index is 5.92. The first-order valence-corrected chi connectivity index (χ1v) is 9.41. The van der Waals surface area contributed by atoms with Crippen LogP contribution in [-0.4, -0.2) is 29.7 Å². The molecule has 1 saturated heterocycles. The van der Waals surface area contributed by atoms with Crippen LogP contribution in [0.1, 0.15) is 32.3 Å². The molecule has 1 aromatic carbocycles. The third kappa shape index (κ3) is 6.17. The lowest BCUT2D eigenvalue weighted by molar-refractivity contribution is 0.102. The second-order valence-electron chi connectivity index (χ2n) is 6.74. The third-order valence-electron chi connectivity index (χ3n) is 4.58. The van der Waals surface area contributed by atoms with E-state index in [-0.39, 0.29) is 6.04 Å². The number of likely N-dealkylation sites (tertiary alicyclic amines) is 1. The molecule has 144 valence electrons. The summed E-state index contributed by atoms with van der Waals surface area (Å²) in [6, 6.07) is 10.3. The zero-order chi connectivity index (χ0) is 19.6. The standard InChI is InChI=1S/C23H31N3O/c1-6-14-24-22(18(2)3)16-25-19(4)23-13-10-15-26(23)20(5)27-17-21-11-8-7-9-12-21/h6-9,11-12,14,23,25H,2,4-5,10,13,15-17H2,1,3H3/b14-6-,24-22?. The van der Waals surface area contributed by atoms with Crippen molar-refractivity contribution in [3.63, 3.8) is 0 Å². The molecule has 0 spiro atoms. The molecular formula is C23H31N3O. The summed E-state index contributed by atoms with van der Waals surface area (Å²) in [5.74, 6) is 0.701. The van der Waals surface area contributed by atoms with E-state index in [2.05, 4.69) is 47.1 Å². The molecule has 1 aliphatic heterocycles. The fraction of sp³-hybridized carbons (Fsp3) is 0.348. The van der Waals surface area contributed by atoms with Crippen molar-refractivity contribution in [2.24, 2.45) is 4.99 Å². The lowest BCUT2D eigenvalue weighted by atomic mass is 10.1. The minimum absolute atomic E-state index is 0.182. The maximum Gasteiger partial charge on any atom is 0.182 e. The molecule has 0 aromatic heterocycles. The molecule has 0 aliphatic carbocycles. The summed E-state index contributed by atoms with van der Waals surface area (Å²) in [6.45, 7) is 18.4. The highest BCUT2D eigenvalue weighted by molar-refractivity contribution is 6.01. The Hall–Kier alpha value is -2.75. The van der Waals surface area contributed by atoms with Crippen LogP contribution in [0.3, 0.4) is 0 Å². The topological polar surface area (TPSA) is 36.9 Å². The van der Waals surface area contributed by atoms with Crippen LogP contribution in [0.4, 0.5) is 0 Å².